The molecule has 0 bridgehead atoms. The number of nitrogens with one attached hydrogen (secondary N) is 2. The van der Waals surface area contributed by atoms with Crippen LogP contribution in [0.25, 0.3) is 0 Å². The van der Waals surface area contributed by atoms with Crippen molar-refractivity contribution in [2.24, 2.45) is 5.41 Å². The predicted molar refractivity (Wildman–Crippen MR) is 78.8 cm³/mol. The van der Waals surface area contributed by atoms with Crippen LogP contribution in [-0.2, 0) is 0 Å². The molecule has 1 aliphatic rings. The van der Waals surface area contributed by atoms with Gasteiger partial charge in [0, 0.05) is 18.3 Å². The normalized spacial score (nSPS) is 22.0. The van der Waals surface area contributed by atoms with E-state index in [9.17, 15) is 0 Å². The fraction of sp³-hybridized carbons (Fsp3) is 0.667. The van der Waals surface area contributed by atoms with Crippen LogP contribution in [0.5, 0.6) is 5.75 Å². The maximum absolute atomic E-state index is 5.35. The van der Waals surface area contributed by atoms with Gasteiger partial charge in [0.05, 0.1) is 19.0 Å². The molecule has 0 aliphatic carbocycles. The molecule has 2 heterocycles. The quantitative estimate of drug-likeness (QED) is 0.876. The zero-order valence-corrected chi connectivity index (χ0v) is 12.4. The van der Waals surface area contributed by atoms with Gasteiger partial charge in [0.2, 0.25) is 0 Å². The highest BCUT2D eigenvalue weighted by Crippen LogP contribution is 2.31. The Bertz CT molecular complexity index is 431. The molecule has 1 aromatic rings. The summed E-state index contributed by atoms with van der Waals surface area (Å²) in [6, 6.07) is 2.52. The molecule has 106 valence electrons. The van der Waals surface area contributed by atoms with Gasteiger partial charge in [-0.05, 0) is 37.8 Å². The van der Waals surface area contributed by atoms with E-state index in [1.165, 1.54) is 12.8 Å². The van der Waals surface area contributed by atoms with E-state index >= 15 is 0 Å². The van der Waals surface area contributed by atoms with Crippen molar-refractivity contribution in [1.82, 2.24) is 10.3 Å². The van der Waals surface area contributed by atoms with Gasteiger partial charge >= 0.3 is 0 Å². The smallest absolute Gasteiger partial charge is 0.160 e. The molecule has 1 aliphatic heterocycles. The number of rotatable bonds is 4. The van der Waals surface area contributed by atoms with Crippen LogP contribution in [0, 0.1) is 12.3 Å². The summed E-state index contributed by atoms with van der Waals surface area (Å²) in [4.78, 5) is 4.25. The lowest BCUT2D eigenvalue weighted by Crippen LogP contribution is -2.50. The number of nitrogens with zero attached hydrogens (tertiary/aromatic N) is 1. The summed E-state index contributed by atoms with van der Waals surface area (Å²) in [6.07, 6.45) is 4.32. The summed E-state index contributed by atoms with van der Waals surface area (Å²) in [7, 11) is 1.68. The molecule has 1 saturated heterocycles. The zero-order chi connectivity index (χ0) is 13.9. The molecule has 19 heavy (non-hydrogen) atoms. The summed E-state index contributed by atoms with van der Waals surface area (Å²) in [5, 5.41) is 7.12. The SMILES string of the molecule is COc1cnc(C)cc1NCC1NCCCC1(C)C. The third kappa shape index (κ3) is 3.38. The first kappa shape index (κ1) is 14.1. The van der Waals surface area contributed by atoms with Crippen LogP contribution < -0.4 is 15.4 Å². The predicted octanol–water partition coefficient (Wildman–Crippen LogP) is 2.59. The minimum atomic E-state index is 0.334. The van der Waals surface area contributed by atoms with Gasteiger partial charge in [-0.15, -0.1) is 0 Å². The van der Waals surface area contributed by atoms with Crippen molar-refractivity contribution in [3.63, 3.8) is 0 Å². The standard InChI is InChI=1S/C15H25N3O/c1-11-8-12(13(19-4)9-17-11)18-10-14-15(2,3)6-5-7-16-14/h8-9,14,16H,5-7,10H2,1-4H3,(H,17,18). The number of ether oxygens (including phenoxy) is 1. The molecule has 2 N–H and O–H groups in total. The molecule has 0 saturated carbocycles. The van der Waals surface area contributed by atoms with Crippen LogP contribution >= 0.6 is 0 Å². The van der Waals surface area contributed by atoms with Crippen molar-refractivity contribution in [1.29, 1.82) is 0 Å². The van der Waals surface area contributed by atoms with Crippen molar-refractivity contribution in [3.8, 4) is 5.75 Å². The molecule has 1 unspecified atom stereocenters. The van der Waals surface area contributed by atoms with E-state index in [1.54, 1.807) is 13.3 Å². The van der Waals surface area contributed by atoms with Gasteiger partial charge in [-0.2, -0.15) is 0 Å². The number of aryl methyl sites for hydroxylation is 1. The highest BCUT2D eigenvalue weighted by atomic mass is 16.5. The van der Waals surface area contributed by atoms with Crippen molar-refractivity contribution in [2.75, 3.05) is 25.5 Å². The van der Waals surface area contributed by atoms with Gasteiger partial charge in [-0.3, -0.25) is 4.98 Å². The lowest BCUT2D eigenvalue weighted by molar-refractivity contribution is 0.188. The van der Waals surface area contributed by atoms with Crippen molar-refractivity contribution in [3.05, 3.63) is 18.0 Å². The first-order valence-electron chi connectivity index (χ1n) is 7.01. The molecule has 0 amide bonds. The van der Waals surface area contributed by atoms with Crippen LogP contribution in [-0.4, -0.2) is 31.2 Å². The van der Waals surface area contributed by atoms with Crippen LogP contribution in [0.4, 0.5) is 5.69 Å². The molecule has 1 atom stereocenters. The average Bonchev–Trinajstić information content (AvgIpc) is 2.37. The summed E-state index contributed by atoms with van der Waals surface area (Å²) < 4.78 is 5.35. The minimum absolute atomic E-state index is 0.334. The van der Waals surface area contributed by atoms with Crippen LogP contribution in [0.15, 0.2) is 12.3 Å². The molecule has 0 radical (unpaired) electrons. The Morgan fingerprint density at radius 3 is 3.00 bits per heavy atom. The van der Waals surface area contributed by atoms with Crippen molar-refractivity contribution in [2.45, 2.75) is 39.7 Å². The molecule has 4 nitrogen and oxygen atoms in total. The highest BCUT2D eigenvalue weighted by Gasteiger charge is 2.31. The number of anilines is 1. The first-order valence-corrected chi connectivity index (χ1v) is 7.01. The van der Waals surface area contributed by atoms with Gasteiger partial charge in [0.25, 0.3) is 0 Å². The van der Waals surface area contributed by atoms with Gasteiger partial charge in [-0.1, -0.05) is 13.8 Å². The van der Waals surface area contributed by atoms with E-state index in [-0.39, 0.29) is 0 Å². The maximum Gasteiger partial charge on any atom is 0.160 e. The number of aromatic nitrogens is 1. The second kappa shape index (κ2) is 5.78. The fourth-order valence-corrected chi connectivity index (χ4v) is 2.68. The van der Waals surface area contributed by atoms with Crippen molar-refractivity contribution >= 4 is 5.69 Å². The van der Waals surface area contributed by atoms with E-state index in [0.29, 0.717) is 11.5 Å². The number of methoxy groups -OCH3 is 1. The Labute approximate surface area is 116 Å². The molecule has 0 spiro atoms. The Hall–Kier alpha value is -1.29. The Balaban J connectivity index is 2.03. The monoisotopic (exact) mass is 263 g/mol. The van der Waals surface area contributed by atoms with Gasteiger partial charge in [0.15, 0.2) is 5.75 Å². The lowest BCUT2D eigenvalue weighted by Gasteiger charge is -2.39. The topological polar surface area (TPSA) is 46.2 Å². The van der Waals surface area contributed by atoms with E-state index in [1.807, 2.05) is 13.0 Å². The third-order valence-electron chi connectivity index (χ3n) is 4.05. The number of hydrogen-bond acceptors (Lipinski definition) is 4. The average molecular weight is 263 g/mol. The second-order valence-electron chi connectivity index (χ2n) is 6.01. The number of piperidine rings is 1. The summed E-state index contributed by atoms with van der Waals surface area (Å²) >= 11 is 0. The Kier molecular flexibility index (Phi) is 4.30. The molecule has 4 heteroatoms. The molecule has 1 aromatic heterocycles. The number of hydrogen-bond donors (Lipinski definition) is 2. The zero-order valence-electron chi connectivity index (χ0n) is 12.4. The van der Waals surface area contributed by atoms with Gasteiger partial charge < -0.3 is 15.4 Å². The largest absolute Gasteiger partial charge is 0.493 e. The maximum atomic E-state index is 5.35. The summed E-state index contributed by atoms with van der Waals surface area (Å²) in [5.74, 6) is 0.805. The van der Waals surface area contributed by atoms with Gasteiger partial charge in [-0.25, -0.2) is 0 Å². The van der Waals surface area contributed by atoms with E-state index < -0.39 is 0 Å². The van der Waals surface area contributed by atoms with E-state index in [4.69, 9.17) is 4.74 Å². The first-order chi connectivity index (χ1) is 9.03. The molecular weight excluding hydrogens is 238 g/mol. The van der Waals surface area contributed by atoms with Gasteiger partial charge in [0.1, 0.15) is 0 Å². The number of pyridine rings is 1. The summed E-state index contributed by atoms with van der Waals surface area (Å²) in [6.45, 7) is 8.68. The lowest BCUT2D eigenvalue weighted by atomic mass is 9.77. The van der Waals surface area contributed by atoms with Crippen LogP contribution in [0.2, 0.25) is 0 Å². The Morgan fingerprint density at radius 1 is 1.53 bits per heavy atom. The third-order valence-corrected chi connectivity index (χ3v) is 4.05. The van der Waals surface area contributed by atoms with Crippen LogP contribution in [0.3, 0.4) is 0 Å². The van der Waals surface area contributed by atoms with E-state index in [2.05, 4.69) is 29.5 Å². The van der Waals surface area contributed by atoms with Crippen molar-refractivity contribution < 1.29 is 4.74 Å². The van der Waals surface area contributed by atoms with E-state index in [0.717, 1.165) is 30.2 Å². The molecular formula is C15H25N3O. The van der Waals surface area contributed by atoms with Crippen LogP contribution in [0.1, 0.15) is 32.4 Å². The minimum Gasteiger partial charge on any atom is -0.493 e. The second-order valence-corrected chi connectivity index (χ2v) is 6.01. The fourth-order valence-electron chi connectivity index (χ4n) is 2.68. The summed E-state index contributed by atoms with van der Waals surface area (Å²) in [5.41, 5.74) is 2.36. The molecule has 1 fully saturated rings. The molecule has 0 aromatic carbocycles. The highest BCUT2D eigenvalue weighted by molar-refractivity contribution is 5.56. The Morgan fingerprint density at radius 2 is 2.32 bits per heavy atom. The molecule has 2 rings (SSSR count).